The Hall–Kier alpha value is -1.47. The smallest absolute Gasteiger partial charge is 0.358 e. The maximum absolute atomic E-state index is 10.7. The van der Waals surface area contributed by atoms with Gasteiger partial charge >= 0.3 is 5.97 Å². The number of ether oxygens (including phenoxy) is 1. The fraction of sp³-hybridized carbons (Fsp3) is 0.700. The third-order valence-electron chi connectivity index (χ3n) is 2.88. The molecule has 2 rings (SSSR count). The number of carboxylic acid groups (broad SMARTS) is 1. The molecule has 1 aromatic heterocycles. The van der Waals surface area contributed by atoms with Gasteiger partial charge in [-0.2, -0.15) is 0 Å². The van der Waals surface area contributed by atoms with Gasteiger partial charge in [-0.05, 0) is 6.92 Å². The maximum atomic E-state index is 10.7. The molecule has 0 bridgehead atoms. The van der Waals surface area contributed by atoms with Crippen molar-refractivity contribution in [2.75, 3.05) is 26.3 Å². The zero-order chi connectivity index (χ0) is 12.3. The summed E-state index contributed by atoms with van der Waals surface area (Å²) in [5.41, 5.74) is -0.0147. The molecule has 0 aromatic carbocycles. The minimum Gasteiger partial charge on any atom is -0.476 e. The third kappa shape index (κ3) is 3.01. The fourth-order valence-electron chi connectivity index (χ4n) is 1.89. The number of aromatic nitrogens is 3. The first-order valence-electron chi connectivity index (χ1n) is 5.62. The summed E-state index contributed by atoms with van der Waals surface area (Å²) in [5.74, 6) is -1.05. The summed E-state index contributed by atoms with van der Waals surface area (Å²) in [5, 5.41) is 16.1. The number of hydrogen-bond donors (Lipinski definition) is 1. The predicted molar refractivity (Wildman–Crippen MR) is 58.8 cm³/mol. The lowest BCUT2D eigenvalue weighted by Crippen LogP contribution is -2.44. The first-order chi connectivity index (χ1) is 8.16. The normalized spacial score (nSPS) is 19.1. The van der Waals surface area contributed by atoms with E-state index in [0.717, 1.165) is 26.3 Å². The van der Waals surface area contributed by atoms with Gasteiger partial charge in [0.15, 0.2) is 5.69 Å². The molecule has 1 fully saturated rings. The molecular formula is C10H16N4O3. The van der Waals surface area contributed by atoms with Gasteiger partial charge in [-0.25, -0.2) is 4.79 Å². The molecule has 1 unspecified atom stereocenters. The number of carbonyl (C=O) groups is 1. The largest absolute Gasteiger partial charge is 0.476 e. The molecular weight excluding hydrogens is 224 g/mol. The van der Waals surface area contributed by atoms with Crippen LogP contribution in [0.1, 0.15) is 17.4 Å². The van der Waals surface area contributed by atoms with Crippen molar-refractivity contribution in [1.82, 2.24) is 19.9 Å². The third-order valence-corrected chi connectivity index (χ3v) is 2.88. The molecule has 0 saturated carbocycles. The van der Waals surface area contributed by atoms with Crippen molar-refractivity contribution in [3.63, 3.8) is 0 Å². The van der Waals surface area contributed by atoms with Crippen molar-refractivity contribution in [2.24, 2.45) is 0 Å². The summed E-state index contributed by atoms with van der Waals surface area (Å²) >= 11 is 0. The van der Waals surface area contributed by atoms with E-state index in [1.54, 1.807) is 4.68 Å². The van der Waals surface area contributed by atoms with Crippen LogP contribution in [-0.4, -0.2) is 63.3 Å². The van der Waals surface area contributed by atoms with Crippen LogP contribution in [0.15, 0.2) is 6.20 Å². The summed E-state index contributed by atoms with van der Waals surface area (Å²) in [6.45, 7) is 6.04. The van der Waals surface area contributed by atoms with Gasteiger partial charge in [0.2, 0.25) is 0 Å². The Morgan fingerprint density at radius 2 is 2.29 bits per heavy atom. The van der Waals surface area contributed by atoms with Crippen LogP contribution in [0, 0.1) is 0 Å². The molecule has 1 aliphatic heterocycles. The lowest BCUT2D eigenvalue weighted by atomic mass is 10.2. The van der Waals surface area contributed by atoms with Crippen LogP contribution in [0.3, 0.4) is 0 Å². The monoisotopic (exact) mass is 240 g/mol. The molecule has 7 nitrogen and oxygen atoms in total. The number of hydrogen-bond acceptors (Lipinski definition) is 5. The highest BCUT2D eigenvalue weighted by Crippen LogP contribution is 2.06. The predicted octanol–water partition coefficient (Wildman–Crippen LogP) is -0.303. The molecule has 94 valence electrons. The molecule has 7 heteroatoms. The Morgan fingerprint density at radius 1 is 1.59 bits per heavy atom. The molecule has 1 atom stereocenters. The van der Waals surface area contributed by atoms with Gasteiger partial charge in [0, 0.05) is 19.1 Å². The maximum Gasteiger partial charge on any atom is 0.358 e. The summed E-state index contributed by atoms with van der Waals surface area (Å²) in [7, 11) is 0. The van der Waals surface area contributed by atoms with Crippen LogP contribution in [0.2, 0.25) is 0 Å². The highest BCUT2D eigenvalue weighted by atomic mass is 16.5. The SMILES string of the molecule is CC(Cn1cc(C(=O)O)nn1)N1CCOCC1. The highest BCUT2D eigenvalue weighted by molar-refractivity contribution is 5.84. The summed E-state index contributed by atoms with van der Waals surface area (Å²) < 4.78 is 6.85. The van der Waals surface area contributed by atoms with Crippen molar-refractivity contribution >= 4 is 5.97 Å². The Bertz CT molecular complexity index is 387. The molecule has 0 amide bonds. The summed E-state index contributed by atoms with van der Waals surface area (Å²) in [6, 6.07) is 0.294. The van der Waals surface area contributed by atoms with E-state index in [2.05, 4.69) is 22.1 Å². The fourth-order valence-corrected chi connectivity index (χ4v) is 1.89. The van der Waals surface area contributed by atoms with Crippen LogP contribution >= 0.6 is 0 Å². The van der Waals surface area contributed by atoms with E-state index in [1.165, 1.54) is 6.20 Å². The van der Waals surface area contributed by atoms with Crippen LogP contribution in [0.4, 0.5) is 0 Å². The first kappa shape index (κ1) is 12.0. The van der Waals surface area contributed by atoms with E-state index in [-0.39, 0.29) is 5.69 Å². The van der Waals surface area contributed by atoms with Crippen LogP contribution in [0.5, 0.6) is 0 Å². The lowest BCUT2D eigenvalue weighted by molar-refractivity contribution is 0.0161. The van der Waals surface area contributed by atoms with E-state index in [4.69, 9.17) is 9.84 Å². The Morgan fingerprint density at radius 3 is 2.88 bits per heavy atom. The van der Waals surface area contributed by atoms with Crippen LogP contribution in [0.25, 0.3) is 0 Å². The Balaban J connectivity index is 1.92. The molecule has 0 aliphatic carbocycles. The number of rotatable bonds is 4. The lowest BCUT2D eigenvalue weighted by Gasteiger charge is -2.31. The summed E-state index contributed by atoms with van der Waals surface area (Å²) in [6.07, 6.45) is 1.46. The molecule has 1 saturated heterocycles. The highest BCUT2D eigenvalue weighted by Gasteiger charge is 2.18. The van der Waals surface area contributed by atoms with Gasteiger partial charge in [-0.3, -0.25) is 9.58 Å². The van der Waals surface area contributed by atoms with Gasteiger partial charge in [0.05, 0.1) is 26.0 Å². The first-order valence-corrected chi connectivity index (χ1v) is 5.62. The standard InChI is InChI=1S/C10H16N4O3/c1-8(13-2-4-17-5-3-13)6-14-7-9(10(15)16)11-12-14/h7-8H,2-6H2,1H3,(H,15,16). The van der Waals surface area contributed by atoms with E-state index < -0.39 is 5.97 Å². The van der Waals surface area contributed by atoms with Crippen molar-refractivity contribution in [2.45, 2.75) is 19.5 Å². The molecule has 17 heavy (non-hydrogen) atoms. The van der Waals surface area contributed by atoms with E-state index in [1.807, 2.05) is 0 Å². The molecule has 2 heterocycles. The second kappa shape index (κ2) is 5.24. The van der Waals surface area contributed by atoms with Gasteiger partial charge in [0.25, 0.3) is 0 Å². The average Bonchev–Trinajstić information content (AvgIpc) is 2.79. The van der Waals surface area contributed by atoms with Gasteiger partial charge in [-0.15, -0.1) is 5.10 Å². The Labute approximate surface area is 99.0 Å². The van der Waals surface area contributed by atoms with Crippen molar-refractivity contribution in [3.8, 4) is 0 Å². The van der Waals surface area contributed by atoms with E-state index in [9.17, 15) is 4.79 Å². The molecule has 1 aliphatic rings. The van der Waals surface area contributed by atoms with Gasteiger partial charge < -0.3 is 9.84 Å². The zero-order valence-electron chi connectivity index (χ0n) is 9.74. The van der Waals surface area contributed by atoms with E-state index in [0.29, 0.717) is 12.6 Å². The molecule has 0 radical (unpaired) electrons. The molecule has 1 aromatic rings. The van der Waals surface area contributed by atoms with Gasteiger partial charge in [-0.1, -0.05) is 5.21 Å². The number of aromatic carboxylic acids is 1. The second-order valence-corrected chi connectivity index (χ2v) is 4.13. The van der Waals surface area contributed by atoms with Crippen molar-refractivity contribution in [3.05, 3.63) is 11.9 Å². The van der Waals surface area contributed by atoms with Gasteiger partial charge in [0.1, 0.15) is 0 Å². The summed E-state index contributed by atoms with van der Waals surface area (Å²) in [4.78, 5) is 13.0. The second-order valence-electron chi connectivity index (χ2n) is 4.13. The van der Waals surface area contributed by atoms with Crippen molar-refractivity contribution in [1.29, 1.82) is 0 Å². The van der Waals surface area contributed by atoms with Crippen LogP contribution < -0.4 is 0 Å². The zero-order valence-corrected chi connectivity index (χ0v) is 9.74. The molecule has 0 spiro atoms. The average molecular weight is 240 g/mol. The number of morpholine rings is 1. The Kier molecular flexibility index (Phi) is 3.70. The minimum absolute atomic E-state index is 0.0147. The van der Waals surface area contributed by atoms with Crippen molar-refractivity contribution < 1.29 is 14.6 Å². The quantitative estimate of drug-likeness (QED) is 0.778. The number of nitrogens with zero attached hydrogens (tertiary/aromatic N) is 4. The van der Waals surface area contributed by atoms with Crippen LogP contribution in [-0.2, 0) is 11.3 Å². The minimum atomic E-state index is -1.05. The van der Waals surface area contributed by atoms with E-state index >= 15 is 0 Å². The number of carboxylic acids is 1. The molecule has 1 N–H and O–H groups in total. The topological polar surface area (TPSA) is 80.5 Å².